The zero-order valence-electron chi connectivity index (χ0n) is 22.2. The van der Waals surface area contributed by atoms with Crippen LogP contribution in [0.3, 0.4) is 0 Å². The fourth-order valence-corrected chi connectivity index (χ4v) is 6.46. The van der Waals surface area contributed by atoms with Gasteiger partial charge in [-0.25, -0.2) is 0 Å². The minimum absolute atomic E-state index is 0.267. The molecular weight excluding hydrogens is 446 g/mol. The van der Waals surface area contributed by atoms with E-state index in [4.69, 9.17) is 0 Å². The molecule has 0 fully saturated rings. The van der Waals surface area contributed by atoms with Gasteiger partial charge in [-0.05, 0) is 104 Å². The summed E-state index contributed by atoms with van der Waals surface area (Å²) in [5.41, 5.74) is 17.3. The van der Waals surface area contributed by atoms with Crippen molar-refractivity contribution in [3.8, 4) is 16.8 Å². The van der Waals surface area contributed by atoms with E-state index in [9.17, 15) is 0 Å². The van der Waals surface area contributed by atoms with Gasteiger partial charge in [-0.15, -0.1) is 0 Å². The van der Waals surface area contributed by atoms with Gasteiger partial charge in [0.2, 0.25) is 0 Å². The number of hydrogen-bond donors (Lipinski definition) is 0. The molecule has 0 amide bonds. The van der Waals surface area contributed by atoms with E-state index in [1.54, 1.807) is 0 Å². The lowest BCUT2D eigenvalue weighted by atomic mass is 9.86. The Morgan fingerprint density at radius 1 is 0.459 bits per heavy atom. The van der Waals surface area contributed by atoms with Crippen LogP contribution in [0, 0.1) is 34.6 Å². The summed E-state index contributed by atoms with van der Waals surface area (Å²) in [6.45, 7) is 11.0. The zero-order chi connectivity index (χ0) is 25.4. The smallest absolute Gasteiger partial charge is 0.0541 e. The lowest BCUT2D eigenvalue weighted by molar-refractivity contribution is 0.990. The molecule has 0 atom stereocenters. The first-order valence-electron chi connectivity index (χ1n) is 13.2. The van der Waals surface area contributed by atoms with Crippen molar-refractivity contribution in [2.75, 3.05) is 0 Å². The molecule has 0 unspecified atom stereocenters. The maximum absolute atomic E-state index is 2.43. The molecule has 0 saturated carbocycles. The maximum atomic E-state index is 2.43. The molecule has 0 radical (unpaired) electrons. The number of rotatable bonds is 2. The van der Waals surface area contributed by atoms with E-state index >= 15 is 0 Å². The van der Waals surface area contributed by atoms with E-state index in [0.717, 1.165) is 0 Å². The predicted octanol–water partition coefficient (Wildman–Crippen LogP) is 9.49. The van der Waals surface area contributed by atoms with Crippen LogP contribution < -0.4 is 0 Å². The van der Waals surface area contributed by atoms with E-state index in [0.29, 0.717) is 0 Å². The average molecular weight is 478 g/mol. The highest BCUT2D eigenvalue weighted by Crippen LogP contribution is 2.49. The third-order valence-corrected chi connectivity index (χ3v) is 8.23. The minimum Gasteiger partial charge on any atom is -0.309 e. The van der Waals surface area contributed by atoms with Crippen LogP contribution in [0.2, 0.25) is 0 Å². The molecule has 37 heavy (non-hydrogen) atoms. The van der Waals surface area contributed by atoms with E-state index in [1.165, 1.54) is 83.1 Å². The number of fused-ring (bicyclic) bond motifs is 6. The summed E-state index contributed by atoms with van der Waals surface area (Å²) in [6.07, 6.45) is 0. The maximum Gasteiger partial charge on any atom is 0.0541 e. The highest BCUT2D eigenvalue weighted by molar-refractivity contribution is 6.09. The molecule has 0 aliphatic heterocycles. The van der Waals surface area contributed by atoms with E-state index < -0.39 is 0 Å². The third kappa shape index (κ3) is 3.30. The van der Waals surface area contributed by atoms with Crippen molar-refractivity contribution in [2.45, 2.75) is 40.5 Å². The van der Waals surface area contributed by atoms with Crippen LogP contribution >= 0.6 is 0 Å². The van der Waals surface area contributed by atoms with Crippen molar-refractivity contribution < 1.29 is 0 Å². The molecule has 5 aromatic carbocycles. The Hall–Kier alpha value is -4.10. The summed E-state index contributed by atoms with van der Waals surface area (Å²) in [5.74, 6) is 0.267. The average Bonchev–Trinajstić information content (AvgIpc) is 3.35. The molecule has 7 rings (SSSR count). The van der Waals surface area contributed by atoms with Crippen LogP contribution in [-0.2, 0) is 0 Å². The number of aryl methyl sites for hydroxylation is 5. The van der Waals surface area contributed by atoms with Crippen molar-refractivity contribution >= 4 is 21.8 Å². The predicted molar refractivity (Wildman–Crippen MR) is 157 cm³/mol. The molecule has 180 valence electrons. The van der Waals surface area contributed by atoms with E-state index in [1.807, 2.05) is 0 Å². The first-order valence-corrected chi connectivity index (χ1v) is 13.2. The van der Waals surface area contributed by atoms with Gasteiger partial charge in [-0.2, -0.15) is 0 Å². The Labute approximate surface area is 219 Å². The number of hydrogen-bond acceptors (Lipinski definition) is 0. The number of benzene rings is 5. The molecule has 0 spiro atoms. The fraction of sp³-hybridized carbons (Fsp3) is 0.167. The number of aromatic nitrogens is 1. The van der Waals surface area contributed by atoms with Gasteiger partial charge in [-0.1, -0.05) is 76.9 Å². The Bertz CT molecular complexity index is 1770. The van der Waals surface area contributed by atoms with Crippen molar-refractivity contribution in [2.24, 2.45) is 0 Å². The van der Waals surface area contributed by atoms with Crippen LogP contribution in [-0.4, -0.2) is 4.57 Å². The molecule has 0 saturated heterocycles. The number of nitrogens with zero attached hydrogens (tertiary/aromatic N) is 1. The van der Waals surface area contributed by atoms with Crippen LogP contribution in [0.25, 0.3) is 38.6 Å². The molecule has 1 nitrogen and oxygen atoms in total. The van der Waals surface area contributed by atoms with E-state index in [2.05, 4.69) is 130 Å². The second-order valence-electron chi connectivity index (χ2n) is 11.0. The monoisotopic (exact) mass is 477 g/mol. The molecule has 1 aliphatic rings. The first kappa shape index (κ1) is 22.1. The Morgan fingerprint density at radius 2 is 0.919 bits per heavy atom. The Balaban J connectivity index is 1.43. The van der Waals surface area contributed by atoms with Gasteiger partial charge >= 0.3 is 0 Å². The fourth-order valence-electron chi connectivity index (χ4n) is 6.46. The van der Waals surface area contributed by atoms with Crippen LogP contribution in [0.5, 0.6) is 0 Å². The third-order valence-electron chi connectivity index (χ3n) is 8.23. The van der Waals surface area contributed by atoms with Gasteiger partial charge in [0.15, 0.2) is 0 Å². The summed E-state index contributed by atoms with van der Waals surface area (Å²) < 4.78 is 2.43. The van der Waals surface area contributed by atoms with Crippen molar-refractivity contribution in [1.29, 1.82) is 0 Å². The SMILES string of the molecule is Cc1ccc2c(c1)-c1cc(C)ccc1C2c1ccc(-n2c3ccc(C)cc3c3cc(C)ccc32)cc1C. The Kier molecular flexibility index (Phi) is 4.75. The molecule has 1 heterocycles. The normalized spacial score (nSPS) is 12.9. The van der Waals surface area contributed by atoms with E-state index in [-0.39, 0.29) is 5.92 Å². The standard InChI is InChI=1S/C36H31N/c1-21-6-11-28-30(16-21)31-17-22(2)7-12-29(31)36(28)27-13-10-26(20-25(27)5)37-34-14-8-23(3)18-32(34)33-19-24(4)9-15-35(33)37/h6-20,36H,1-5H3. The van der Waals surface area contributed by atoms with Crippen LogP contribution in [0.4, 0.5) is 0 Å². The summed E-state index contributed by atoms with van der Waals surface area (Å²) >= 11 is 0. The molecule has 1 aliphatic carbocycles. The molecule has 1 heteroatoms. The van der Waals surface area contributed by atoms with Gasteiger partial charge in [0, 0.05) is 22.4 Å². The molecular formula is C36H31N. The van der Waals surface area contributed by atoms with Crippen molar-refractivity contribution in [1.82, 2.24) is 4.57 Å². The highest BCUT2D eigenvalue weighted by Gasteiger charge is 2.31. The van der Waals surface area contributed by atoms with Crippen molar-refractivity contribution in [3.63, 3.8) is 0 Å². The summed E-state index contributed by atoms with van der Waals surface area (Å²) in [6, 6.07) is 34.6. The summed E-state index contributed by atoms with van der Waals surface area (Å²) in [5, 5.41) is 2.65. The van der Waals surface area contributed by atoms with Gasteiger partial charge in [0.25, 0.3) is 0 Å². The summed E-state index contributed by atoms with van der Waals surface area (Å²) in [7, 11) is 0. The second-order valence-corrected chi connectivity index (χ2v) is 11.0. The molecule has 0 N–H and O–H groups in total. The van der Waals surface area contributed by atoms with Gasteiger partial charge < -0.3 is 4.57 Å². The molecule has 1 aromatic heterocycles. The highest BCUT2D eigenvalue weighted by atomic mass is 15.0. The largest absolute Gasteiger partial charge is 0.309 e. The lowest BCUT2D eigenvalue weighted by Gasteiger charge is -2.19. The lowest BCUT2D eigenvalue weighted by Crippen LogP contribution is -2.03. The molecule has 6 aromatic rings. The Morgan fingerprint density at radius 3 is 1.43 bits per heavy atom. The quantitative estimate of drug-likeness (QED) is 0.234. The first-order chi connectivity index (χ1) is 17.9. The topological polar surface area (TPSA) is 4.93 Å². The van der Waals surface area contributed by atoms with Crippen LogP contribution in [0.15, 0.2) is 91.0 Å². The molecule has 0 bridgehead atoms. The van der Waals surface area contributed by atoms with Crippen LogP contribution in [0.1, 0.15) is 50.4 Å². The minimum atomic E-state index is 0.267. The summed E-state index contributed by atoms with van der Waals surface area (Å²) in [4.78, 5) is 0. The van der Waals surface area contributed by atoms with Gasteiger partial charge in [0.1, 0.15) is 0 Å². The van der Waals surface area contributed by atoms with Gasteiger partial charge in [-0.3, -0.25) is 0 Å². The van der Waals surface area contributed by atoms with Gasteiger partial charge in [0.05, 0.1) is 11.0 Å². The zero-order valence-corrected chi connectivity index (χ0v) is 22.2. The van der Waals surface area contributed by atoms with Crippen molar-refractivity contribution in [3.05, 3.63) is 136 Å². The second kappa shape index (κ2) is 7.95.